The quantitative estimate of drug-likeness (QED) is 0.636. The first-order valence-electron chi connectivity index (χ1n) is 5.93. The van der Waals surface area contributed by atoms with E-state index >= 15 is 0 Å². The van der Waals surface area contributed by atoms with Crippen LogP contribution in [-0.4, -0.2) is 30.1 Å². The number of carbonyl (C=O) groups is 2. The largest absolute Gasteiger partial charge is 0.481 e. The van der Waals surface area contributed by atoms with Gasteiger partial charge in [-0.2, -0.15) is 0 Å². The minimum absolute atomic E-state index is 0.0346. The number of carbonyl (C=O) groups excluding carboxylic acids is 1. The average molecular weight is 250 g/mol. The molecule has 0 aliphatic rings. The molecule has 0 saturated carbocycles. The zero-order valence-corrected chi connectivity index (χ0v) is 10.4. The van der Waals surface area contributed by atoms with Crippen LogP contribution in [0.2, 0.25) is 0 Å². The van der Waals surface area contributed by atoms with Gasteiger partial charge in [-0.1, -0.05) is 19.1 Å². The Kier molecular flexibility index (Phi) is 5.70. The number of carboxylic acid groups (broad SMARTS) is 1. The molecule has 1 aromatic carbocycles. The fourth-order valence-corrected chi connectivity index (χ4v) is 1.45. The summed E-state index contributed by atoms with van der Waals surface area (Å²) in [5.74, 6) is -0.799. The van der Waals surface area contributed by atoms with Crippen molar-refractivity contribution in [3.8, 4) is 0 Å². The summed E-state index contributed by atoms with van der Waals surface area (Å²) in [6.45, 7) is 3.03. The summed E-state index contributed by atoms with van der Waals surface area (Å²) in [6.07, 6.45) is 0.525. The van der Waals surface area contributed by atoms with Gasteiger partial charge < -0.3 is 15.7 Å². The molecule has 0 heterocycles. The first-order chi connectivity index (χ1) is 8.61. The third-order valence-corrected chi connectivity index (χ3v) is 2.41. The van der Waals surface area contributed by atoms with E-state index in [0.29, 0.717) is 19.5 Å². The number of aliphatic carboxylic acids is 1. The Balaban J connectivity index is 2.31. The van der Waals surface area contributed by atoms with Gasteiger partial charge in [0, 0.05) is 25.2 Å². The maximum Gasteiger partial charge on any atom is 0.307 e. The molecule has 0 aliphatic heterocycles. The molecule has 5 nitrogen and oxygen atoms in total. The van der Waals surface area contributed by atoms with Crippen LogP contribution >= 0.6 is 0 Å². The molecular weight excluding hydrogens is 232 g/mol. The molecule has 18 heavy (non-hydrogen) atoms. The molecule has 0 bridgehead atoms. The number of amides is 1. The number of nitrogens with one attached hydrogen (secondary N) is 2. The van der Waals surface area contributed by atoms with E-state index in [9.17, 15) is 9.59 Å². The lowest BCUT2D eigenvalue weighted by atomic mass is 10.1. The van der Waals surface area contributed by atoms with Crippen LogP contribution in [0.15, 0.2) is 24.3 Å². The van der Waals surface area contributed by atoms with Gasteiger partial charge in [0.1, 0.15) is 0 Å². The summed E-state index contributed by atoms with van der Waals surface area (Å²) in [6, 6.07) is 7.22. The second-order valence-electron chi connectivity index (χ2n) is 3.90. The Hall–Kier alpha value is -2.04. The lowest BCUT2D eigenvalue weighted by Gasteiger charge is -2.07. The van der Waals surface area contributed by atoms with E-state index in [1.54, 1.807) is 12.1 Å². The number of rotatable bonds is 7. The zero-order chi connectivity index (χ0) is 13.4. The van der Waals surface area contributed by atoms with E-state index < -0.39 is 5.97 Å². The van der Waals surface area contributed by atoms with Crippen LogP contribution in [0.1, 0.15) is 18.9 Å². The molecule has 0 radical (unpaired) electrons. The molecule has 0 fully saturated rings. The Morgan fingerprint density at radius 1 is 1.17 bits per heavy atom. The second-order valence-corrected chi connectivity index (χ2v) is 3.90. The van der Waals surface area contributed by atoms with Crippen molar-refractivity contribution in [1.29, 1.82) is 0 Å². The van der Waals surface area contributed by atoms with E-state index in [0.717, 1.165) is 11.3 Å². The van der Waals surface area contributed by atoms with Crippen LogP contribution in [0.3, 0.4) is 0 Å². The van der Waals surface area contributed by atoms with Crippen LogP contribution in [0.5, 0.6) is 0 Å². The SMILES string of the molecule is CCC(=O)NCCNc1ccc(CC(=O)O)cc1. The van der Waals surface area contributed by atoms with E-state index in [4.69, 9.17) is 5.11 Å². The number of carboxylic acids is 1. The van der Waals surface area contributed by atoms with Crippen molar-refractivity contribution >= 4 is 17.6 Å². The molecule has 0 aliphatic carbocycles. The van der Waals surface area contributed by atoms with E-state index in [-0.39, 0.29) is 12.3 Å². The van der Waals surface area contributed by atoms with Gasteiger partial charge in [0.2, 0.25) is 5.91 Å². The Morgan fingerprint density at radius 2 is 1.83 bits per heavy atom. The lowest BCUT2D eigenvalue weighted by molar-refractivity contribution is -0.136. The van der Waals surface area contributed by atoms with Crippen LogP contribution in [0.4, 0.5) is 5.69 Å². The van der Waals surface area contributed by atoms with Crippen molar-refractivity contribution in [2.75, 3.05) is 18.4 Å². The number of anilines is 1. The van der Waals surface area contributed by atoms with Crippen molar-refractivity contribution < 1.29 is 14.7 Å². The van der Waals surface area contributed by atoms with Crippen LogP contribution < -0.4 is 10.6 Å². The van der Waals surface area contributed by atoms with E-state index in [2.05, 4.69) is 10.6 Å². The van der Waals surface area contributed by atoms with Crippen LogP contribution in [0, 0.1) is 0 Å². The molecule has 1 rings (SSSR count). The molecule has 0 unspecified atom stereocenters. The summed E-state index contributed by atoms with van der Waals surface area (Å²) in [4.78, 5) is 21.5. The normalized spacial score (nSPS) is 9.83. The topological polar surface area (TPSA) is 78.4 Å². The fraction of sp³-hybridized carbons (Fsp3) is 0.385. The number of benzene rings is 1. The highest BCUT2D eigenvalue weighted by molar-refractivity contribution is 5.75. The molecule has 0 saturated heterocycles. The molecule has 0 atom stereocenters. The standard InChI is InChI=1S/C13H18N2O3/c1-2-12(16)15-8-7-14-11-5-3-10(4-6-11)9-13(17)18/h3-6,14H,2,7-9H2,1H3,(H,15,16)(H,17,18). The Bertz CT molecular complexity index is 401. The minimum atomic E-state index is -0.835. The maximum absolute atomic E-state index is 11.0. The molecular formula is C13H18N2O3. The van der Waals surface area contributed by atoms with Crippen molar-refractivity contribution in [3.63, 3.8) is 0 Å². The monoisotopic (exact) mass is 250 g/mol. The maximum atomic E-state index is 11.0. The molecule has 1 aromatic rings. The first kappa shape index (κ1) is 14.0. The molecule has 1 amide bonds. The van der Waals surface area contributed by atoms with Crippen LogP contribution in [0.25, 0.3) is 0 Å². The first-order valence-corrected chi connectivity index (χ1v) is 5.93. The Labute approximate surface area is 106 Å². The van der Waals surface area contributed by atoms with Gasteiger partial charge in [-0.3, -0.25) is 9.59 Å². The second kappa shape index (κ2) is 7.32. The van der Waals surface area contributed by atoms with Gasteiger partial charge in [0.15, 0.2) is 0 Å². The predicted molar refractivity (Wildman–Crippen MR) is 69.6 cm³/mol. The predicted octanol–water partition coefficient (Wildman–Crippen LogP) is 1.25. The highest BCUT2D eigenvalue weighted by Crippen LogP contribution is 2.09. The molecule has 0 aromatic heterocycles. The third kappa shape index (κ3) is 5.34. The van der Waals surface area contributed by atoms with E-state index in [1.807, 2.05) is 19.1 Å². The number of hydrogen-bond donors (Lipinski definition) is 3. The molecule has 5 heteroatoms. The van der Waals surface area contributed by atoms with Gasteiger partial charge in [-0.15, -0.1) is 0 Å². The van der Waals surface area contributed by atoms with Crippen molar-refractivity contribution in [3.05, 3.63) is 29.8 Å². The van der Waals surface area contributed by atoms with Gasteiger partial charge in [-0.25, -0.2) is 0 Å². The molecule has 0 spiro atoms. The molecule has 3 N–H and O–H groups in total. The van der Waals surface area contributed by atoms with Crippen molar-refractivity contribution in [2.24, 2.45) is 0 Å². The number of hydrogen-bond acceptors (Lipinski definition) is 3. The summed E-state index contributed by atoms with van der Waals surface area (Å²) in [7, 11) is 0. The fourth-order valence-electron chi connectivity index (χ4n) is 1.45. The summed E-state index contributed by atoms with van der Waals surface area (Å²) in [5.41, 5.74) is 1.68. The van der Waals surface area contributed by atoms with Gasteiger partial charge in [0.05, 0.1) is 6.42 Å². The lowest BCUT2D eigenvalue weighted by Crippen LogP contribution is -2.27. The van der Waals surface area contributed by atoms with Gasteiger partial charge in [0.25, 0.3) is 0 Å². The van der Waals surface area contributed by atoms with Gasteiger partial charge >= 0.3 is 5.97 Å². The van der Waals surface area contributed by atoms with E-state index in [1.165, 1.54) is 0 Å². The molecule has 98 valence electrons. The average Bonchev–Trinajstić information content (AvgIpc) is 2.35. The minimum Gasteiger partial charge on any atom is -0.481 e. The summed E-state index contributed by atoms with van der Waals surface area (Å²) >= 11 is 0. The third-order valence-electron chi connectivity index (χ3n) is 2.41. The summed E-state index contributed by atoms with van der Waals surface area (Å²) in [5, 5.41) is 14.5. The zero-order valence-electron chi connectivity index (χ0n) is 10.4. The Morgan fingerprint density at radius 3 is 2.39 bits per heavy atom. The van der Waals surface area contributed by atoms with Crippen LogP contribution in [-0.2, 0) is 16.0 Å². The highest BCUT2D eigenvalue weighted by atomic mass is 16.4. The van der Waals surface area contributed by atoms with Crippen molar-refractivity contribution in [2.45, 2.75) is 19.8 Å². The highest BCUT2D eigenvalue weighted by Gasteiger charge is 2.00. The van der Waals surface area contributed by atoms with Gasteiger partial charge in [-0.05, 0) is 17.7 Å². The summed E-state index contributed by atoms with van der Waals surface area (Å²) < 4.78 is 0. The van der Waals surface area contributed by atoms with Crippen molar-refractivity contribution in [1.82, 2.24) is 5.32 Å². The smallest absolute Gasteiger partial charge is 0.307 e.